The Balaban J connectivity index is 2.46. The first-order valence-electron chi connectivity index (χ1n) is 4.36. The number of amides is 1. The monoisotopic (exact) mass is 169 g/mol. The van der Waals surface area contributed by atoms with Crippen LogP contribution in [0.2, 0.25) is 0 Å². The summed E-state index contributed by atoms with van der Waals surface area (Å²) in [6, 6.07) is 0.0914. The molecule has 0 spiro atoms. The molecular formula is C9H15NO2. The maximum absolute atomic E-state index is 10.4. The van der Waals surface area contributed by atoms with Gasteiger partial charge in [0.25, 0.3) is 0 Å². The Morgan fingerprint density at radius 2 is 2.17 bits per heavy atom. The summed E-state index contributed by atoms with van der Waals surface area (Å²) in [5, 5.41) is 11.1. The van der Waals surface area contributed by atoms with Gasteiger partial charge in [-0.3, -0.25) is 0 Å². The zero-order chi connectivity index (χ0) is 8.97. The van der Waals surface area contributed by atoms with Gasteiger partial charge in [0, 0.05) is 6.04 Å². The lowest BCUT2D eigenvalue weighted by Gasteiger charge is -2.28. The number of carboxylic acid groups (broad SMARTS) is 1. The molecule has 0 bridgehead atoms. The third kappa shape index (κ3) is 2.26. The first-order chi connectivity index (χ1) is 5.74. The minimum atomic E-state index is -0.922. The molecule has 0 heterocycles. The first kappa shape index (κ1) is 9.10. The SMILES string of the molecule is C=C[C@H]1CCCC[C@H]1NC(=O)O. The van der Waals surface area contributed by atoms with Crippen molar-refractivity contribution >= 4 is 6.09 Å². The van der Waals surface area contributed by atoms with Gasteiger partial charge in [0.2, 0.25) is 0 Å². The average molecular weight is 169 g/mol. The van der Waals surface area contributed by atoms with E-state index in [0.717, 1.165) is 19.3 Å². The van der Waals surface area contributed by atoms with Crippen molar-refractivity contribution in [3.63, 3.8) is 0 Å². The van der Waals surface area contributed by atoms with Gasteiger partial charge in [0.05, 0.1) is 0 Å². The molecule has 2 atom stereocenters. The van der Waals surface area contributed by atoms with E-state index in [1.807, 2.05) is 6.08 Å². The Kier molecular flexibility index (Phi) is 3.14. The molecule has 68 valence electrons. The van der Waals surface area contributed by atoms with E-state index in [2.05, 4.69) is 11.9 Å². The van der Waals surface area contributed by atoms with Crippen molar-refractivity contribution in [2.75, 3.05) is 0 Å². The summed E-state index contributed by atoms with van der Waals surface area (Å²) in [4.78, 5) is 10.4. The summed E-state index contributed by atoms with van der Waals surface area (Å²) in [6.07, 6.45) is 5.26. The van der Waals surface area contributed by atoms with Crippen LogP contribution in [0.4, 0.5) is 4.79 Å². The van der Waals surface area contributed by atoms with Crippen molar-refractivity contribution in [3.8, 4) is 0 Å². The van der Waals surface area contributed by atoms with Crippen LogP contribution in [0.3, 0.4) is 0 Å². The molecule has 0 radical (unpaired) electrons. The second-order valence-corrected chi connectivity index (χ2v) is 3.24. The molecule has 1 saturated carbocycles. The predicted molar refractivity (Wildman–Crippen MR) is 47.1 cm³/mol. The number of rotatable bonds is 2. The summed E-state index contributed by atoms with van der Waals surface area (Å²) < 4.78 is 0. The second-order valence-electron chi connectivity index (χ2n) is 3.24. The zero-order valence-corrected chi connectivity index (χ0v) is 7.12. The van der Waals surface area contributed by atoms with Gasteiger partial charge in [-0.25, -0.2) is 4.79 Å². The first-order valence-corrected chi connectivity index (χ1v) is 4.36. The van der Waals surface area contributed by atoms with E-state index in [1.54, 1.807) is 0 Å². The van der Waals surface area contributed by atoms with Crippen molar-refractivity contribution in [1.29, 1.82) is 0 Å². The molecule has 1 aliphatic carbocycles. The number of carbonyl (C=O) groups is 1. The van der Waals surface area contributed by atoms with Crippen LogP contribution in [-0.2, 0) is 0 Å². The minimum Gasteiger partial charge on any atom is -0.465 e. The van der Waals surface area contributed by atoms with Crippen molar-refractivity contribution in [2.24, 2.45) is 5.92 Å². The second kappa shape index (κ2) is 4.14. The fourth-order valence-corrected chi connectivity index (χ4v) is 1.78. The van der Waals surface area contributed by atoms with Crippen LogP contribution in [0.1, 0.15) is 25.7 Å². The predicted octanol–water partition coefficient (Wildman–Crippen LogP) is 2.00. The highest BCUT2D eigenvalue weighted by Gasteiger charge is 2.23. The summed E-state index contributed by atoms with van der Waals surface area (Å²) in [5.41, 5.74) is 0. The Morgan fingerprint density at radius 3 is 2.75 bits per heavy atom. The standard InChI is InChI=1S/C9H15NO2/c1-2-7-5-3-4-6-8(7)10-9(11)12/h2,7-8,10H,1,3-6H2,(H,11,12)/t7-,8+/m0/s1. The molecule has 0 aromatic heterocycles. The van der Waals surface area contributed by atoms with Crippen LogP contribution in [0.5, 0.6) is 0 Å². The average Bonchev–Trinajstić information content (AvgIpc) is 2.04. The van der Waals surface area contributed by atoms with E-state index in [4.69, 9.17) is 5.11 Å². The Morgan fingerprint density at radius 1 is 1.50 bits per heavy atom. The van der Waals surface area contributed by atoms with E-state index < -0.39 is 6.09 Å². The van der Waals surface area contributed by atoms with Gasteiger partial charge in [0.1, 0.15) is 0 Å². The fourth-order valence-electron chi connectivity index (χ4n) is 1.78. The molecule has 1 amide bonds. The quantitative estimate of drug-likeness (QED) is 0.621. The van der Waals surface area contributed by atoms with Crippen molar-refractivity contribution in [1.82, 2.24) is 5.32 Å². The van der Waals surface area contributed by atoms with E-state index in [1.165, 1.54) is 6.42 Å². The third-order valence-corrected chi connectivity index (χ3v) is 2.43. The molecule has 0 saturated heterocycles. The van der Waals surface area contributed by atoms with Crippen molar-refractivity contribution in [3.05, 3.63) is 12.7 Å². The maximum Gasteiger partial charge on any atom is 0.404 e. The molecule has 1 fully saturated rings. The van der Waals surface area contributed by atoms with E-state index in [9.17, 15) is 4.79 Å². The van der Waals surface area contributed by atoms with Gasteiger partial charge in [-0.1, -0.05) is 18.9 Å². The van der Waals surface area contributed by atoms with Crippen LogP contribution in [0.25, 0.3) is 0 Å². The van der Waals surface area contributed by atoms with E-state index >= 15 is 0 Å². The molecule has 0 aliphatic heterocycles. The van der Waals surface area contributed by atoms with Crippen LogP contribution in [0.15, 0.2) is 12.7 Å². The lowest BCUT2D eigenvalue weighted by molar-refractivity contribution is 0.181. The van der Waals surface area contributed by atoms with Crippen LogP contribution >= 0.6 is 0 Å². The molecule has 1 rings (SSSR count). The van der Waals surface area contributed by atoms with Crippen LogP contribution in [0, 0.1) is 5.92 Å². The highest BCUT2D eigenvalue weighted by atomic mass is 16.4. The molecule has 0 unspecified atom stereocenters. The van der Waals surface area contributed by atoms with Gasteiger partial charge < -0.3 is 10.4 Å². The number of hydrogen-bond donors (Lipinski definition) is 2. The largest absolute Gasteiger partial charge is 0.465 e. The molecule has 3 nitrogen and oxygen atoms in total. The topological polar surface area (TPSA) is 49.3 Å². The third-order valence-electron chi connectivity index (χ3n) is 2.43. The number of nitrogens with one attached hydrogen (secondary N) is 1. The van der Waals surface area contributed by atoms with E-state index in [0.29, 0.717) is 5.92 Å². The maximum atomic E-state index is 10.4. The lowest BCUT2D eigenvalue weighted by atomic mass is 9.85. The van der Waals surface area contributed by atoms with Gasteiger partial charge in [-0.2, -0.15) is 0 Å². The smallest absolute Gasteiger partial charge is 0.404 e. The normalized spacial score (nSPS) is 29.3. The van der Waals surface area contributed by atoms with Crippen LogP contribution < -0.4 is 5.32 Å². The molecular weight excluding hydrogens is 154 g/mol. The molecule has 3 heteroatoms. The number of hydrogen-bond acceptors (Lipinski definition) is 1. The Hall–Kier alpha value is -0.990. The van der Waals surface area contributed by atoms with Gasteiger partial charge in [-0.15, -0.1) is 6.58 Å². The highest BCUT2D eigenvalue weighted by molar-refractivity contribution is 5.64. The lowest BCUT2D eigenvalue weighted by Crippen LogP contribution is -2.40. The minimum absolute atomic E-state index is 0.0914. The Bertz CT molecular complexity index is 179. The van der Waals surface area contributed by atoms with Gasteiger partial charge >= 0.3 is 6.09 Å². The summed E-state index contributed by atoms with van der Waals surface area (Å²) in [6.45, 7) is 3.71. The summed E-state index contributed by atoms with van der Waals surface area (Å²) in [7, 11) is 0. The van der Waals surface area contributed by atoms with Gasteiger partial charge in [-0.05, 0) is 18.8 Å². The fraction of sp³-hybridized carbons (Fsp3) is 0.667. The van der Waals surface area contributed by atoms with Crippen molar-refractivity contribution in [2.45, 2.75) is 31.7 Å². The highest BCUT2D eigenvalue weighted by Crippen LogP contribution is 2.24. The molecule has 1 aliphatic rings. The molecule has 0 aromatic carbocycles. The van der Waals surface area contributed by atoms with Gasteiger partial charge in [0.15, 0.2) is 0 Å². The van der Waals surface area contributed by atoms with Crippen molar-refractivity contribution < 1.29 is 9.90 Å². The van der Waals surface area contributed by atoms with Crippen LogP contribution in [-0.4, -0.2) is 17.2 Å². The molecule has 2 N–H and O–H groups in total. The molecule has 12 heavy (non-hydrogen) atoms. The zero-order valence-electron chi connectivity index (χ0n) is 7.12. The summed E-state index contributed by atoms with van der Waals surface area (Å²) >= 11 is 0. The van der Waals surface area contributed by atoms with E-state index in [-0.39, 0.29) is 6.04 Å². The summed E-state index contributed by atoms with van der Waals surface area (Å²) in [5.74, 6) is 0.329. The Labute approximate surface area is 72.5 Å². The molecule has 0 aromatic rings.